The predicted octanol–water partition coefficient (Wildman–Crippen LogP) is 14.5. The molecule has 0 aliphatic heterocycles. The molecular formula is C53H37NS. The highest BCUT2D eigenvalue weighted by Gasteiger charge is 2.47. The van der Waals surface area contributed by atoms with E-state index >= 15 is 0 Å². The number of para-hydroxylation sites is 1. The van der Waals surface area contributed by atoms with Gasteiger partial charge in [0, 0.05) is 37.2 Å². The summed E-state index contributed by atoms with van der Waals surface area (Å²) < 4.78 is 2.68. The van der Waals surface area contributed by atoms with Crippen LogP contribution < -0.4 is 4.90 Å². The fourth-order valence-corrected chi connectivity index (χ4v) is 10.7. The van der Waals surface area contributed by atoms with Gasteiger partial charge in [0.15, 0.2) is 0 Å². The maximum Gasteiger partial charge on any atom is 0.0727 e. The van der Waals surface area contributed by atoms with Crippen molar-refractivity contribution in [2.24, 2.45) is 0 Å². The van der Waals surface area contributed by atoms with E-state index in [2.05, 4.69) is 205 Å². The molecule has 260 valence electrons. The molecule has 0 N–H and O–H groups in total. The van der Waals surface area contributed by atoms with E-state index in [4.69, 9.17) is 0 Å². The highest BCUT2D eigenvalue weighted by molar-refractivity contribution is 7.26. The monoisotopic (exact) mass is 719 g/mol. The lowest BCUT2D eigenvalue weighted by molar-refractivity contribution is 0.777. The zero-order valence-electron chi connectivity index (χ0n) is 30.3. The Labute approximate surface area is 325 Å². The second kappa shape index (κ2) is 12.8. The molecule has 0 fully saturated rings. The Morgan fingerprint density at radius 2 is 1.09 bits per heavy atom. The SMILES string of the molecule is C1=C(c2ccc3ccccc3c2)CCC(N(c2ccccc2)c2ccc(C3(c4cccc5c4sc4ccccc45)c4ccccc4-c4ccccc43)cc2)=C1. The molecule has 2 aliphatic carbocycles. The number of rotatable bonds is 6. The zero-order chi connectivity index (χ0) is 36.3. The molecule has 11 rings (SSSR count). The van der Waals surface area contributed by atoms with Crippen molar-refractivity contribution in [1.82, 2.24) is 0 Å². The Kier molecular flexibility index (Phi) is 7.46. The van der Waals surface area contributed by atoms with E-state index in [1.165, 1.54) is 92.5 Å². The number of fused-ring (bicyclic) bond motifs is 7. The molecular weight excluding hydrogens is 683 g/mol. The molecule has 0 atom stereocenters. The summed E-state index contributed by atoms with van der Waals surface area (Å²) in [7, 11) is 0. The maximum absolute atomic E-state index is 2.45. The van der Waals surface area contributed by atoms with Crippen molar-refractivity contribution in [1.29, 1.82) is 0 Å². The minimum absolute atomic E-state index is 0.481. The number of anilines is 2. The third kappa shape index (κ3) is 4.99. The molecule has 2 heteroatoms. The quantitative estimate of drug-likeness (QED) is 0.165. The molecule has 8 aromatic carbocycles. The van der Waals surface area contributed by atoms with Gasteiger partial charge in [-0.25, -0.2) is 0 Å². The van der Waals surface area contributed by atoms with Crippen LogP contribution in [0.1, 0.15) is 40.7 Å². The first-order valence-electron chi connectivity index (χ1n) is 19.2. The summed E-state index contributed by atoms with van der Waals surface area (Å²) in [6.07, 6.45) is 6.61. The van der Waals surface area contributed by atoms with Gasteiger partial charge in [-0.2, -0.15) is 0 Å². The van der Waals surface area contributed by atoms with Crippen molar-refractivity contribution in [3.8, 4) is 11.1 Å². The van der Waals surface area contributed by atoms with E-state index in [0.29, 0.717) is 0 Å². The minimum Gasteiger partial charge on any atom is -0.314 e. The Bertz CT molecular complexity index is 2940. The zero-order valence-corrected chi connectivity index (χ0v) is 31.1. The van der Waals surface area contributed by atoms with Crippen LogP contribution in [0.3, 0.4) is 0 Å². The third-order valence-corrected chi connectivity index (χ3v) is 13.1. The number of thiophene rings is 1. The first-order chi connectivity index (χ1) is 27.3. The van der Waals surface area contributed by atoms with Crippen LogP contribution >= 0.6 is 11.3 Å². The Hall–Kier alpha value is -6.48. The van der Waals surface area contributed by atoms with E-state index in [1.807, 2.05) is 11.3 Å². The molecule has 0 bridgehead atoms. The van der Waals surface area contributed by atoms with E-state index in [9.17, 15) is 0 Å². The lowest BCUT2D eigenvalue weighted by Gasteiger charge is -2.35. The summed E-state index contributed by atoms with van der Waals surface area (Å²) in [6, 6.07) is 69.8. The average molecular weight is 720 g/mol. The van der Waals surface area contributed by atoms with Crippen molar-refractivity contribution >= 4 is 59.2 Å². The topological polar surface area (TPSA) is 3.24 Å². The lowest BCUT2D eigenvalue weighted by Crippen LogP contribution is -2.29. The second-order valence-electron chi connectivity index (χ2n) is 14.8. The summed E-state index contributed by atoms with van der Waals surface area (Å²) in [6.45, 7) is 0. The normalized spacial score (nSPS) is 14.4. The van der Waals surface area contributed by atoms with E-state index in [-0.39, 0.29) is 0 Å². The van der Waals surface area contributed by atoms with Gasteiger partial charge in [-0.3, -0.25) is 0 Å². The maximum atomic E-state index is 2.45. The summed E-state index contributed by atoms with van der Waals surface area (Å²) in [5, 5.41) is 5.22. The fourth-order valence-electron chi connectivity index (χ4n) is 9.39. The number of hydrogen-bond donors (Lipinski definition) is 0. The molecule has 1 heterocycles. The molecule has 0 saturated heterocycles. The van der Waals surface area contributed by atoms with Crippen LogP contribution in [-0.2, 0) is 5.41 Å². The molecule has 0 unspecified atom stereocenters. The van der Waals surface area contributed by atoms with Crippen molar-refractivity contribution in [3.63, 3.8) is 0 Å². The number of hydrogen-bond acceptors (Lipinski definition) is 2. The molecule has 2 aliphatic rings. The first-order valence-corrected chi connectivity index (χ1v) is 20.0. The Balaban J connectivity index is 1.07. The number of benzene rings is 8. The minimum atomic E-state index is -0.481. The summed E-state index contributed by atoms with van der Waals surface area (Å²) >= 11 is 1.92. The number of allylic oxidation sites excluding steroid dienone is 4. The van der Waals surface area contributed by atoms with Crippen molar-refractivity contribution in [2.75, 3.05) is 4.90 Å². The predicted molar refractivity (Wildman–Crippen MR) is 234 cm³/mol. The van der Waals surface area contributed by atoms with Crippen molar-refractivity contribution in [2.45, 2.75) is 18.3 Å². The second-order valence-corrected chi connectivity index (χ2v) is 15.8. The van der Waals surface area contributed by atoms with Gasteiger partial charge in [-0.15, -0.1) is 11.3 Å². The van der Waals surface area contributed by atoms with Gasteiger partial charge in [0.2, 0.25) is 0 Å². The molecule has 0 saturated carbocycles. The molecule has 1 nitrogen and oxygen atoms in total. The van der Waals surface area contributed by atoms with Gasteiger partial charge in [-0.05, 0) is 111 Å². The van der Waals surface area contributed by atoms with Gasteiger partial charge in [0.25, 0.3) is 0 Å². The number of nitrogens with zero attached hydrogens (tertiary/aromatic N) is 1. The molecule has 1 aromatic heterocycles. The van der Waals surface area contributed by atoms with Crippen molar-refractivity contribution < 1.29 is 0 Å². The smallest absolute Gasteiger partial charge is 0.0727 e. The Morgan fingerprint density at radius 3 is 1.85 bits per heavy atom. The Morgan fingerprint density at radius 1 is 0.455 bits per heavy atom. The van der Waals surface area contributed by atoms with Crippen LogP contribution in [0.4, 0.5) is 11.4 Å². The van der Waals surface area contributed by atoms with Gasteiger partial charge < -0.3 is 4.90 Å². The summed E-state index contributed by atoms with van der Waals surface area (Å²) in [5.41, 5.74) is 13.8. The molecule has 0 radical (unpaired) electrons. The summed E-state index contributed by atoms with van der Waals surface area (Å²) in [4.78, 5) is 2.45. The van der Waals surface area contributed by atoms with Gasteiger partial charge >= 0.3 is 0 Å². The molecule has 0 amide bonds. The van der Waals surface area contributed by atoms with Crippen LogP contribution in [0.25, 0.3) is 47.6 Å². The fraction of sp³-hybridized carbons (Fsp3) is 0.0566. The van der Waals surface area contributed by atoms with Crippen LogP contribution in [-0.4, -0.2) is 0 Å². The molecule has 0 spiro atoms. The highest BCUT2D eigenvalue weighted by Crippen LogP contribution is 2.58. The van der Waals surface area contributed by atoms with Crippen LogP contribution in [0.2, 0.25) is 0 Å². The van der Waals surface area contributed by atoms with Gasteiger partial charge in [0.05, 0.1) is 5.41 Å². The van der Waals surface area contributed by atoms with E-state index < -0.39 is 5.41 Å². The average Bonchev–Trinajstić information content (AvgIpc) is 3.79. The largest absolute Gasteiger partial charge is 0.314 e. The van der Waals surface area contributed by atoms with Gasteiger partial charge in [-0.1, -0.05) is 158 Å². The van der Waals surface area contributed by atoms with Crippen molar-refractivity contribution in [3.05, 3.63) is 234 Å². The highest BCUT2D eigenvalue weighted by atomic mass is 32.1. The van der Waals surface area contributed by atoms with E-state index in [0.717, 1.165) is 12.8 Å². The van der Waals surface area contributed by atoms with Crippen LogP contribution in [0, 0.1) is 0 Å². The standard InChI is InChI=1S/C53H37NS/c1-2-15-41(16-3-1)54(42-31-27-37(28-32-42)39-26-25-36-13-4-5-14-38(36)35-39)43-33-29-40(30-34-43)53(48-21-9-6-17-44(48)45-18-7-10-22-49(45)53)50-23-12-20-47-46-19-8-11-24-51(46)55-52(47)50/h1-27,29-31,33-35H,28,32H2. The summed E-state index contributed by atoms with van der Waals surface area (Å²) in [5.74, 6) is 0. The van der Waals surface area contributed by atoms with E-state index in [1.54, 1.807) is 0 Å². The lowest BCUT2D eigenvalue weighted by atomic mass is 9.67. The van der Waals surface area contributed by atoms with Crippen LogP contribution in [0.15, 0.2) is 206 Å². The van der Waals surface area contributed by atoms with Crippen LogP contribution in [0.5, 0.6) is 0 Å². The molecule has 55 heavy (non-hydrogen) atoms. The first kappa shape index (κ1) is 32.0. The van der Waals surface area contributed by atoms with Gasteiger partial charge in [0.1, 0.15) is 0 Å². The third-order valence-electron chi connectivity index (χ3n) is 11.9. The molecule has 9 aromatic rings.